The van der Waals surface area contributed by atoms with Crippen LogP contribution >= 0.6 is 0 Å². The molecule has 2 saturated heterocycles. The first kappa shape index (κ1) is 37.2. The van der Waals surface area contributed by atoms with E-state index in [1.165, 1.54) is 0 Å². The highest BCUT2D eigenvalue weighted by molar-refractivity contribution is 6.03. The molecule has 0 aliphatic carbocycles. The number of carbonyl (C=O) groups is 2. The molecule has 2 amide bonds. The van der Waals surface area contributed by atoms with Crippen LogP contribution in [0.15, 0.2) is 115 Å². The number of nitrogens with zero attached hydrogens (tertiary/aromatic N) is 8. The van der Waals surface area contributed by atoms with E-state index in [-0.39, 0.29) is 36.0 Å². The number of amides is 2. The van der Waals surface area contributed by atoms with Gasteiger partial charge in [0.05, 0.1) is 24.0 Å². The van der Waals surface area contributed by atoms with E-state index in [1.807, 2.05) is 158 Å². The average Bonchev–Trinajstić information content (AvgIpc) is 4.06. The molecule has 0 spiro atoms. The van der Waals surface area contributed by atoms with Crippen molar-refractivity contribution in [2.45, 2.75) is 56.3 Å². The molecule has 11 heteroatoms. The molecular weight excluding hydrogens is 699 g/mol. The van der Waals surface area contributed by atoms with Crippen LogP contribution in [-0.4, -0.2) is 104 Å². The lowest BCUT2D eigenvalue weighted by Crippen LogP contribution is -2.45. The third-order valence-electron chi connectivity index (χ3n) is 11.3. The van der Waals surface area contributed by atoms with Crippen LogP contribution in [0.3, 0.4) is 0 Å². The third-order valence-corrected chi connectivity index (χ3v) is 11.3. The number of likely N-dealkylation sites (tertiary alicyclic amines) is 2. The number of aromatic nitrogens is 4. The summed E-state index contributed by atoms with van der Waals surface area (Å²) in [7, 11) is 7.83. The van der Waals surface area contributed by atoms with E-state index < -0.39 is 0 Å². The second-order valence-electron chi connectivity index (χ2n) is 15.4. The summed E-state index contributed by atoms with van der Waals surface area (Å²) in [6.07, 6.45) is 11.9. The number of hydrogen-bond donors (Lipinski definition) is 1. The van der Waals surface area contributed by atoms with Crippen molar-refractivity contribution in [3.05, 3.63) is 132 Å². The van der Waals surface area contributed by atoms with E-state index in [0.29, 0.717) is 18.8 Å². The molecule has 3 aliphatic heterocycles. The highest BCUT2D eigenvalue weighted by atomic mass is 16.2. The van der Waals surface area contributed by atoms with Gasteiger partial charge in [-0.1, -0.05) is 84.9 Å². The average molecular weight is 748 g/mol. The van der Waals surface area contributed by atoms with Crippen LogP contribution in [0.25, 0.3) is 28.2 Å². The van der Waals surface area contributed by atoms with Crippen LogP contribution in [-0.2, 0) is 9.59 Å². The molecule has 1 N–H and O–H groups in total. The summed E-state index contributed by atoms with van der Waals surface area (Å²) in [5.74, 6) is 1.67. The summed E-state index contributed by atoms with van der Waals surface area (Å²) in [6.45, 7) is 1.45. The summed E-state index contributed by atoms with van der Waals surface area (Å²) in [6, 6.07) is 27.3. The van der Waals surface area contributed by atoms with Crippen LogP contribution in [0.4, 0.5) is 0 Å². The van der Waals surface area contributed by atoms with Gasteiger partial charge in [-0.25, -0.2) is 15.0 Å². The van der Waals surface area contributed by atoms with Crippen LogP contribution in [0.2, 0.25) is 0 Å². The molecule has 0 bridgehead atoms. The monoisotopic (exact) mass is 747 g/mol. The number of aromatic amines is 1. The van der Waals surface area contributed by atoms with E-state index in [4.69, 9.17) is 19.9 Å². The Morgan fingerprint density at radius 3 is 1.77 bits per heavy atom. The first-order valence-corrected chi connectivity index (χ1v) is 19.5. The molecule has 0 radical (unpaired) electrons. The Bertz CT molecular complexity index is 2210. The standard InChI is InChI=1S/C45H49N9O2/c1-51(2)40(31-13-7-5-8-14-31)44(55)53-23-11-17-38(53)36-25-34(26-46-36)35-27-47-42(48-28-35)33-21-19-30(20-22-33)37-29-49-43(50-37)39-18-12-24-54(39)45(56)41(52(3)4)32-15-9-6-10-16-32/h5-10,13-16,19-22,26-29,38-41H,11-12,17-18,23-25H2,1-4H3,(H,49,50)/t38-,39-,40+,41+/m0/s1. The molecule has 286 valence electrons. The number of aliphatic imine (C=N–C) groups is 1. The fourth-order valence-corrected chi connectivity index (χ4v) is 8.52. The molecule has 5 aromatic rings. The summed E-state index contributed by atoms with van der Waals surface area (Å²) < 4.78 is 0. The maximum absolute atomic E-state index is 13.9. The third kappa shape index (κ3) is 7.44. The van der Waals surface area contributed by atoms with E-state index in [9.17, 15) is 9.59 Å². The minimum atomic E-state index is -0.350. The molecule has 4 atom stereocenters. The van der Waals surface area contributed by atoms with Crippen LogP contribution in [0.5, 0.6) is 0 Å². The van der Waals surface area contributed by atoms with Crippen molar-refractivity contribution < 1.29 is 9.59 Å². The minimum Gasteiger partial charge on any atom is -0.340 e. The number of imidazole rings is 1. The van der Waals surface area contributed by atoms with Crippen molar-refractivity contribution >= 4 is 23.1 Å². The zero-order chi connectivity index (χ0) is 38.8. The largest absolute Gasteiger partial charge is 0.340 e. The lowest BCUT2D eigenvalue weighted by molar-refractivity contribution is -0.137. The fraction of sp³-hybridized carbons (Fsp3) is 0.333. The van der Waals surface area contributed by atoms with Gasteiger partial charge in [0, 0.05) is 54.9 Å². The first-order chi connectivity index (χ1) is 27.3. The van der Waals surface area contributed by atoms with Crippen LogP contribution in [0, 0.1) is 0 Å². The Hall–Kier alpha value is -5.78. The maximum Gasteiger partial charge on any atom is 0.245 e. The van der Waals surface area contributed by atoms with Gasteiger partial charge in [-0.3, -0.25) is 24.4 Å². The highest BCUT2D eigenvalue weighted by Crippen LogP contribution is 2.36. The first-order valence-electron chi connectivity index (χ1n) is 19.5. The van der Waals surface area contributed by atoms with Crippen molar-refractivity contribution in [3.63, 3.8) is 0 Å². The molecule has 56 heavy (non-hydrogen) atoms. The molecule has 3 aliphatic rings. The Kier molecular flexibility index (Phi) is 10.7. The predicted octanol–water partition coefficient (Wildman–Crippen LogP) is 6.98. The van der Waals surface area contributed by atoms with Gasteiger partial charge in [-0.2, -0.15) is 0 Å². The number of carbonyl (C=O) groups excluding carboxylic acids is 2. The smallest absolute Gasteiger partial charge is 0.245 e. The van der Waals surface area contributed by atoms with Gasteiger partial charge in [0.2, 0.25) is 11.8 Å². The Morgan fingerprint density at radius 1 is 0.661 bits per heavy atom. The topological polar surface area (TPSA) is 114 Å². The molecule has 0 unspecified atom stereocenters. The van der Waals surface area contributed by atoms with Gasteiger partial charge in [-0.05, 0) is 76.1 Å². The molecule has 8 rings (SSSR count). The Labute approximate surface area is 328 Å². The molecular formula is C45H49N9O2. The van der Waals surface area contributed by atoms with Crippen LogP contribution in [0.1, 0.15) is 72.7 Å². The molecule has 2 aromatic heterocycles. The van der Waals surface area contributed by atoms with Crippen molar-refractivity contribution in [2.24, 2.45) is 4.99 Å². The van der Waals surface area contributed by atoms with Crippen molar-refractivity contribution in [2.75, 3.05) is 41.3 Å². The molecule has 3 aromatic carbocycles. The van der Waals surface area contributed by atoms with Gasteiger partial charge < -0.3 is 14.8 Å². The Balaban J connectivity index is 0.901. The summed E-state index contributed by atoms with van der Waals surface area (Å²) in [4.78, 5) is 58.4. The number of likely N-dealkylation sites (N-methyl/N-ethyl adjacent to an activating group) is 2. The molecule has 11 nitrogen and oxygen atoms in total. The second-order valence-corrected chi connectivity index (χ2v) is 15.4. The number of H-pyrrole nitrogens is 1. The summed E-state index contributed by atoms with van der Waals surface area (Å²) in [5, 5.41) is 0. The van der Waals surface area contributed by atoms with E-state index in [2.05, 4.69) is 4.98 Å². The lowest BCUT2D eigenvalue weighted by atomic mass is 9.99. The number of nitrogens with one attached hydrogen (secondary N) is 1. The SMILES string of the molecule is CN(C)[C@@H](C(=O)N1CCC[C@H]1C1=NC=C(c2cnc(-c3ccc(-c4cnc([C@@H]5CCCN5C(=O)[C@@H](c5ccccc5)N(C)C)[nH]4)cc3)nc2)C1)c1ccccc1. The highest BCUT2D eigenvalue weighted by Gasteiger charge is 2.39. The van der Waals surface area contributed by atoms with Crippen molar-refractivity contribution in [1.29, 1.82) is 0 Å². The van der Waals surface area contributed by atoms with Gasteiger partial charge in [0.25, 0.3) is 0 Å². The van der Waals surface area contributed by atoms with Crippen LogP contribution < -0.4 is 0 Å². The second kappa shape index (κ2) is 16.1. The summed E-state index contributed by atoms with van der Waals surface area (Å²) >= 11 is 0. The number of hydrogen-bond acceptors (Lipinski definition) is 8. The normalized spacial score (nSPS) is 19.4. The Morgan fingerprint density at radius 2 is 1.20 bits per heavy atom. The number of benzene rings is 3. The lowest BCUT2D eigenvalue weighted by Gasteiger charge is -2.32. The number of allylic oxidation sites excluding steroid dienone is 1. The summed E-state index contributed by atoms with van der Waals surface area (Å²) in [5.41, 5.74) is 7.81. The van der Waals surface area contributed by atoms with Gasteiger partial charge in [-0.15, -0.1) is 0 Å². The molecule has 5 heterocycles. The van der Waals surface area contributed by atoms with Gasteiger partial charge in [0.15, 0.2) is 5.82 Å². The number of rotatable bonds is 11. The predicted molar refractivity (Wildman–Crippen MR) is 219 cm³/mol. The zero-order valence-electron chi connectivity index (χ0n) is 32.5. The minimum absolute atomic E-state index is 0.0123. The fourth-order valence-electron chi connectivity index (χ4n) is 8.52. The van der Waals surface area contributed by atoms with Crippen molar-refractivity contribution in [3.8, 4) is 22.6 Å². The maximum atomic E-state index is 13.9. The zero-order valence-corrected chi connectivity index (χ0v) is 32.5. The van der Waals surface area contributed by atoms with E-state index in [1.54, 1.807) is 0 Å². The van der Waals surface area contributed by atoms with E-state index in [0.717, 1.165) is 82.8 Å². The van der Waals surface area contributed by atoms with Gasteiger partial charge >= 0.3 is 0 Å². The van der Waals surface area contributed by atoms with Crippen molar-refractivity contribution in [1.82, 2.24) is 39.5 Å². The van der Waals surface area contributed by atoms with E-state index >= 15 is 0 Å². The molecule has 2 fully saturated rings. The quantitative estimate of drug-likeness (QED) is 0.155. The van der Waals surface area contributed by atoms with Gasteiger partial charge in [0.1, 0.15) is 17.9 Å². The molecule has 0 saturated carbocycles.